The van der Waals surface area contributed by atoms with Gasteiger partial charge in [0.15, 0.2) is 5.82 Å². The largest absolute Gasteiger partial charge is 0.382 e. The highest BCUT2D eigenvalue weighted by atomic mass is 19.1. The summed E-state index contributed by atoms with van der Waals surface area (Å²) in [6, 6.07) is 3.52. The molecule has 0 unspecified atom stereocenters. The van der Waals surface area contributed by atoms with Crippen molar-refractivity contribution in [3.8, 4) is 11.1 Å². The van der Waals surface area contributed by atoms with Crippen molar-refractivity contribution >= 4 is 5.82 Å². The first-order valence-corrected chi connectivity index (χ1v) is 6.97. The maximum atomic E-state index is 14.1. The summed E-state index contributed by atoms with van der Waals surface area (Å²) in [5.74, 6) is -0.782. The van der Waals surface area contributed by atoms with Gasteiger partial charge in [0.05, 0.1) is 0 Å². The molecule has 0 aliphatic heterocycles. The Kier molecular flexibility index (Phi) is 2.71. The van der Waals surface area contributed by atoms with Crippen molar-refractivity contribution in [3.05, 3.63) is 35.5 Å². The fraction of sp³-hybridized carbons (Fsp3) is 0.438. The summed E-state index contributed by atoms with van der Waals surface area (Å²) in [6.45, 7) is 8.66. The molecular weight excluding hydrogens is 272 g/mol. The van der Waals surface area contributed by atoms with Crippen LogP contribution >= 0.6 is 0 Å². The molecule has 112 valence electrons. The van der Waals surface area contributed by atoms with Crippen LogP contribution in [0.5, 0.6) is 0 Å². The normalized spacial score (nSPS) is 19.7. The maximum absolute atomic E-state index is 14.1. The third-order valence-electron chi connectivity index (χ3n) is 5.33. The minimum absolute atomic E-state index is 0.0667. The molecule has 2 aromatic rings. The van der Waals surface area contributed by atoms with Crippen molar-refractivity contribution in [1.29, 1.82) is 0 Å². The van der Waals surface area contributed by atoms with E-state index in [-0.39, 0.29) is 28.1 Å². The van der Waals surface area contributed by atoms with Crippen molar-refractivity contribution < 1.29 is 8.78 Å². The SMILES string of the molecule is CC1(C)C(c2[nH]nc(N)c2-c2ccc(F)cc2F)C1(C)C. The predicted molar refractivity (Wildman–Crippen MR) is 78.7 cm³/mol. The van der Waals surface area contributed by atoms with Crippen LogP contribution in [0.15, 0.2) is 18.2 Å². The number of nitrogens with two attached hydrogens (primary N) is 1. The molecular formula is C16H19F2N3. The number of hydrogen-bond acceptors (Lipinski definition) is 2. The highest BCUT2D eigenvalue weighted by Gasteiger charge is 2.66. The van der Waals surface area contributed by atoms with Crippen LogP contribution in [-0.2, 0) is 0 Å². The standard InChI is InChI=1S/C16H19F2N3/c1-15(2)13(16(15,3)4)12-11(14(19)21-20-12)9-6-5-8(17)7-10(9)18/h5-7,13H,1-4H3,(H3,19,20,21). The number of H-pyrrole nitrogens is 1. The van der Waals surface area contributed by atoms with Gasteiger partial charge in [0, 0.05) is 28.8 Å². The zero-order valence-electron chi connectivity index (χ0n) is 12.6. The van der Waals surface area contributed by atoms with Crippen LogP contribution < -0.4 is 5.73 Å². The van der Waals surface area contributed by atoms with E-state index >= 15 is 0 Å². The fourth-order valence-electron chi connectivity index (χ4n) is 3.47. The molecule has 1 aliphatic rings. The predicted octanol–water partition coefficient (Wildman–Crippen LogP) is 4.09. The summed E-state index contributed by atoms with van der Waals surface area (Å²) < 4.78 is 27.2. The topological polar surface area (TPSA) is 54.7 Å². The maximum Gasteiger partial charge on any atom is 0.153 e. The third-order valence-corrected chi connectivity index (χ3v) is 5.33. The van der Waals surface area contributed by atoms with Gasteiger partial charge in [-0.15, -0.1) is 0 Å². The first kappa shape index (κ1) is 14.0. The number of anilines is 1. The van der Waals surface area contributed by atoms with E-state index in [0.29, 0.717) is 5.56 Å². The molecule has 0 spiro atoms. The van der Waals surface area contributed by atoms with Crippen molar-refractivity contribution in [3.63, 3.8) is 0 Å². The number of nitrogens with zero attached hydrogens (tertiary/aromatic N) is 1. The lowest BCUT2D eigenvalue weighted by Gasteiger charge is -2.07. The van der Waals surface area contributed by atoms with Crippen LogP contribution in [0.25, 0.3) is 11.1 Å². The molecule has 1 aromatic heterocycles. The van der Waals surface area contributed by atoms with Gasteiger partial charge in [-0.1, -0.05) is 27.7 Å². The fourth-order valence-corrected chi connectivity index (χ4v) is 3.47. The van der Waals surface area contributed by atoms with Crippen molar-refractivity contribution in [2.24, 2.45) is 10.8 Å². The van der Waals surface area contributed by atoms with E-state index in [0.717, 1.165) is 11.8 Å². The van der Waals surface area contributed by atoms with Gasteiger partial charge in [-0.05, 0) is 23.0 Å². The molecule has 1 saturated carbocycles. The van der Waals surface area contributed by atoms with Crippen LogP contribution in [-0.4, -0.2) is 10.2 Å². The summed E-state index contributed by atoms with van der Waals surface area (Å²) in [6.07, 6.45) is 0. The van der Waals surface area contributed by atoms with E-state index in [2.05, 4.69) is 37.9 Å². The zero-order chi connectivity index (χ0) is 15.6. The summed E-state index contributed by atoms with van der Waals surface area (Å²) in [4.78, 5) is 0. The Labute approximate surface area is 122 Å². The molecule has 0 radical (unpaired) electrons. The third kappa shape index (κ3) is 1.79. The van der Waals surface area contributed by atoms with E-state index in [9.17, 15) is 8.78 Å². The van der Waals surface area contributed by atoms with E-state index in [1.165, 1.54) is 12.1 Å². The van der Waals surface area contributed by atoms with Crippen LogP contribution in [0.4, 0.5) is 14.6 Å². The molecule has 0 bridgehead atoms. The van der Waals surface area contributed by atoms with Crippen molar-refractivity contribution in [2.45, 2.75) is 33.6 Å². The smallest absolute Gasteiger partial charge is 0.153 e. The Morgan fingerprint density at radius 2 is 1.76 bits per heavy atom. The van der Waals surface area contributed by atoms with Gasteiger partial charge in [-0.3, -0.25) is 5.10 Å². The molecule has 3 nitrogen and oxygen atoms in total. The molecule has 1 heterocycles. The second kappa shape index (κ2) is 4.06. The van der Waals surface area contributed by atoms with Crippen LogP contribution in [0, 0.1) is 22.5 Å². The molecule has 3 rings (SSSR count). The molecule has 21 heavy (non-hydrogen) atoms. The van der Waals surface area contributed by atoms with Gasteiger partial charge < -0.3 is 5.73 Å². The van der Waals surface area contributed by atoms with Gasteiger partial charge in [0.25, 0.3) is 0 Å². The highest BCUT2D eigenvalue weighted by molar-refractivity contribution is 5.78. The molecule has 0 atom stereocenters. The summed E-state index contributed by atoms with van der Waals surface area (Å²) in [7, 11) is 0. The van der Waals surface area contributed by atoms with Crippen LogP contribution in [0.3, 0.4) is 0 Å². The molecule has 1 aliphatic carbocycles. The number of benzene rings is 1. The van der Waals surface area contributed by atoms with Crippen LogP contribution in [0.2, 0.25) is 0 Å². The molecule has 0 amide bonds. The Morgan fingerprint density at radius 3 is 2.29 bits per heavy atom. The van der Waals surface area contributed by atoms with Gasteiger partial charge in [0.1, 0.15) is 11.6 Å². The Balaban J connectivity index is 2.15. The van der Waals surface area contributed by atoms with Crippen molar-refractivity contribution in [1.82, 2.24) is 10.2 Å². The first-order valence-electron chi connectivity index (χ1n) is 6.97. The molecule has 3 N–H and O–H groups in total. The summed E-state index contributed by atoms with van der Waals surface area (Å²) in [5.41, 5.74) is 7.72. The lowest BCUT2D eigenvalue weighted by atomic mass is 9.99. The number of halogens is 2. The van der Waals surface area contributed by atoms with E-state index in [1.807, 2.05) is 0 Å². The number of rotatable bonds is 2. The minimum Gasteiger partial charge on any atom is -0.382 e. The quantitative estimate of drug-likeness (QED) is 0.875. The number of hydrogen-bond donors (Lipinski definition) is 2. The van der Waals surface area contributed by atoms with E-state index < -0.39 is 11.6 Å². The number of nitrogens with one attached hydrogen (secondary N) is 1. The molecule has 1 fully saturated rings. The van der Waals surface area contributed by atoms with Gasteiger partial charge >= 0.3 is 0 Å². The molecule has 0 saturated heterocycles. The number of aromatic nitrogens is 2. The van der Waals surface area contributed by atoms with E-state index in [4.69, 9.17) is 5.73 Å². The lowest BCUT2D eigenvalue weighted by Crippen LogP contribution is -1.96. The molecule has 1 aromatic carbocycles. The summed E-state index contributed by atoms with van der Waals surface area (Å²) >= 11 is 0. The van der Waals surface area contributed by atoms with Gasteiger partial charge in [-0.25, -0.2) is 8.78 Å². The minimum atomic E-state index is -0.624. The molecule has 5 heteroatoms. The average Bonchev–Trinajstić information content (AvgIpc) is 2.65. The number of nitrogen functional groups attached to an aromatic ring is 1. The second-order valence-corrected chi connectivity index (χ2v) is 6.90. The zero-order valence-corrected chi connectivity index (χ0v) is 12.6. The second-order valence-electron chi connectivity index (χ2n) is 6.90. The Hall–Kier alpha value is -1.91. The summed E-state index contributed by atoms with van der Waals surface area (Å²) in [5, 5.41) is 6.99. The van der Waals surface area contributed by atoms with E-state index in [1.54, 1.807) is 0 Å². The highest BCUT2D eigenvalue weighted by Crippen LogP contribution is 2.74. The Morgan fingerprint density at radius 1 is 1.14 bits per heavy atom. The Bertz CT molecular complexity index is 702. The number of aromatic amines is 1. The monoisotopic (exact) mass is 291 g/mol. The van der Waals surface area contributed by atoms with Gasteiger partial charge in [-0.2, -0.15) is 5.10 Å². The van der Waals surface area contributed by atoms with Crippen molar-refractivity contribution in [2.75, 3.05) is 5.73 Å². The van der Waals surface area contributed by atoms with Gasteiger partial charge in [0.2, 0.25) is 0 Å². The average molecular weight is 291 g/mol. The first-order chi connectivity index (χ1) is 9.68. The lowest BCUT2D eigenvalue weighted by molar-refractivity contribution is 0.457. The van der Waals surface area contributed by atoms with Crippen LogP contribution in [0.1, 0.15) is 39.3 Å².